The molecule has 4 aromatic rings. The Hall–Kier alpha value is -3.68. The molecule has 0 atom stereocenters. The number of anilines is 3. The minimum Gasteiger partial charge on any atom is -0.450 e. The number of benzene rings is 2. The summed E-state index contributed by atoms with van der Waals surface area (Å²) in [6.45, 7) is 5.91. The largest absolute Gasteiger partial charge is 0.450 e. The molecule has 2 heterocycles. The number of nitrogens with one attached hydrogen (secondary N) is 3. The second kappa shape index (κ2) is 7.15. The highest BCUT2D eigenvalue weighted by Gasteiger charge is 2.13. The van der Waals surface area contributed by atoms with Crippen molar-refractivity contribution in [3.63, 3.8) is 0 Å². The minimum absolute atomic E-state index is 0.288. The van der Waals surface area contributed by atoms with Gasteiger partial charge in [0.15, 0.2) is 0 Å². The number of ether oxygens (including phenoxy) is 1. The Labute approximate surface area is 161 Å². The van der Waals surface area contributed by atoms with E-state index in [9.17, 15) is 4.79 Å². The normalized spacial score (nSPS) is 11.0. The van der Waals surface area contributed by atoms with Gasteiger partial charge in [0, 0.05) is 17.3 Å². The van der Waals surface area contributed by atoms with Crippen molar-refractivity contribution in [2.45, 2.75) is 20.8 Å². The molecule has 0 fully saturated rings. The van der Waals surface area contributed by atoms with Crippen LogP contribution in [0.3, 0.4) is 0 Å². The first-order valence-corrected chi connectivity index (χ1v) is 8.97. The monoisotopic (exact) mass is 376 g/mol. The lowest BCUT2D eigenvalue weighted by Gasteiger charge is -2.10. The van der Waals surface area contributed by atoms with Crippen LogP contribution < -0.4 is 10.6 Å². The summed E-state index contributed by atoms with van der Waals surface area (Å²) in [5.74, 6) is 1.22. The number of fused-ring (bicyclic) bond motifs is 2. The fraction of sp³-hybridized carbons (Fsp3) is 0.200. The van der Waals surface area contributed by atoms with E-state index in [0.717, 1.165) is 33.5 Å². The number of amides is 1. The quantitative estimate of drug-likeness (QED) is 0.486. The summed E-state index contributed by atoms with van der Waals surface area (Å²) in [5, 5.41) is 6.93. The van der Waals surface area contributed by atoms with E-state index in [2.05, 4.69) is 30.6 Å². The number of nitrogens with zero attached hydrogens (tertiary/aromatic N) is 3. The van der Waals surface area contributed by atoms with Crippen LogP contribution in [0, 0.1) is 13.8 Å². The number of rotatable bonds is 4. The number of imidazole rings is 1. The van der Waals surface area contributed by atoms with Crippen LogP contribution >= 0.6 is 0 Å². The maximum absolute atomic E-state index is 11.9. The van der Waals surface area contributed by atoms with Crippen LogP contribution in [0.25, 0.3) is 21.9 Å². The Balaban J connectivity index is 1.72. The second-order valence-electron chi connectivity index (χ2n) is 6.42. The molecule has 8 heteroatoms. The van der Waals surface area contributed by atoms with E-state index >= 15 is 0 Å². The van der Waals surface area contributed by atoms with E-state index in [1.165, 1.54) is 0 Å². The van der Waals surface area contributed by atoms with Crippen molar-refractivity contribution in [1.82, 2.24) is 19.9 Å². The molecule has 0 unspecified atom stereocenters. The smallest absolute Gasteiger partial charge is 0.411 e. The Morgan fingerprint density at radius 1 is 1.18 bits per heavy atom. The van der Waals surface area contributed by atoms with Gasteiger partial charge in [0.2, 0.25) is 5.95 Å². The average molecular weight is 376 g/mol. The van der Waals surface area contributed by atoms with Gasteiger partial charge in [-0.15, -0.1) is 0 Å². The van der Waals surface area contributed by atoms with Gasteiger partial charge >= 0.3 is 6.09 Å². The first-order valence-electron chi connectivity index (χ1n) is 8.97. The molecule has 0 saturated heterocycles. The predicted octanol–water partition coefficient (Wildman–Crippen LogP) is 4.43. The molecule has 142 valence electrons. The van der Waals surface area contributed by atoms with Gasteiger partial charge in [0.25, 0.3) is 0 Å². The third-order valence-electron chi connectivity index (χ3n) is 4.29. The summed E-state index contributed by atoms with van der Waals surface area (Å²) in [4.78, 5) is 28.5. The van der Waals surface area contributed by atoms with Gasteiger partial charge in [0.05, 0.1) is 23.3 Å². The van der Waals surface area contributed by atoms with Gasteiger partial charge in [-0.25, -0.2) is 19.7 Å². The molecule has 3 N–H and O–H groups in total. The van der Waals surface area contributed by atoms with E-state index in [1.54, 1.807) is 19.2 Å². The highest BCUT2D eigenvalue weighted by molar-refractivity contribution is 5.99. The highest BCUT2D eigenvalue weighted by Crippen LogP contribution is 2.28. The van der Waals surface area contributed by atoms with Crippen LogP contribution in [0.5, 0.6) is 0 Å². The van der Waals surface area contributed by atoms with E-state index in [4.69, 9.17) is 4.74 Å². The van der Waals surface area contributed by atoms with Gasteiger partial charge in [-0.05, 0) is 38.5 Å². The topological polar surface area (TPSA) is 105 Å². The first kappa shape index (κ1) is 17.7. The van der Waals surface area contributed by atoms with Crippen LogP contribution in [-0.4, -0.2) is 32.6 Å². The summed E-state index contributed by atoms with van der Waals surface area (Å²) in [6, 6.07) is 9.66. The maximum atomic E-state index is 11.9. The summed E-state index contributed by atoms with van der Waals surface area (Å²) in [6.07, 6.45) is 1.26. The minimum atomic E-state index is -0.529. The summed E-state index contributed by atoms with van der Waals surface area (Å²) < 4.78 is 4.99. The molecule has 8 nitrogen and oxygen atoms in total. The van der Waals surface area contributed by atoms with E-state index in [1.807, 2.05) is 38.1 Å². The van der Waals surface area contributed by atoms with Crippen molar-refractivity contribution in [2.75, 3.05) is 17.2 Å². The van der Waals surface area contributed by atoms with Crippen molar-refractivity contribution >= 4 is 45.4 Å². The fourth-order valence-electron chi connectivity index (χ4n) is 3.08. The molecule has 0 aliphatic heterocycles. The van der Waals surface area contributed by atoms with Crippen LogP contribution in [-0.2, 0) is 4.74 Å². The molecule has 0 bridgehead atoms. The number of carbonyl (C=O) groups excluding carboxylic acids is 1. The van der Waals surface area contributed by atoms with E-state index < -0.39 is 6.09 Å². The zero-order chi connectivity index (χ0) is 19.7. The van der Waals surface area contributed by atoms with Gasteiger partial charge in [-0.3, -0.25) is 5.32 Å². The number of hydrogen-bond donors (Lipinski definition) is 3. The van der Waals surface area contributed by atoms with Crippen LogP contribution in [0.15, 0.2) is 36.5 Å². The van der Waals surface area contributed by atoms with Crippen molar-refractivity contribution in [2.24, 2.45) is 0 Å². The van der Waals surface area contributed by atoms with Crippen molar-refractivity contribution in [1.29, 1.82) is 0 Å². The number of carbonyl (C=O) groups is 1. The molecule has 4 rings (SSSR count). The fourth-order valence-corrected chi connectivity index (χ4v) is 3.08. The molecule has 0 radical (unpaired) electrons. The molecule has 0 spiro atoms. The van der Waals surface area contributed by atoms with Gasteiger partial charge in [-0.1, -0.05) is 18.2 Å². The predicted molar refractivity (Wildman–Crippen MR) is 109 cm³/mol. The number of para-hydroxylation sites is 1. The Kier molecular flexibility index (Phi) is 4.52. The molecule has 0 saturated carbocycles. The first-order chi connectivity index (χ1) is 13.5. The average Bonchev–Trinajstić information content (AvgIpc) is 3.03. The highest BCUT2D eigenvalue weighted by atomic mass is 16.5. The second-order valence-corrected chi connectivity index (χ2v) is 6.42. The van der Waals surface area contributed by atoms with E-state index in [-0.39, 0.29) is 6.61 Å². The number of aromatic amines is 1. The number of aryl methyl sites for hydroxylation is 2. The third-order valence-corrected chi connectivity index (χ3v) is 4.29. The van der Waals surface area contributed by atoms with Crippen molar-refractivity contribution in [3.8, 4) is 0 Å². The summed E-state index contributed by atoms with van der Waals surface area (Å²) in [5.41, 5.74) is 4.67. The van der Waals surface area contributed by atoms with Gasteiger partial charge in [-0.2, -0.15) is 0 Å². The van der Waals surface area contributed by atoms with Crippen molar-refractivity contribution in [3.05, 3.63) is 47.9 Å². The number of aromatic nitrogens is 4. The van der Waals surface area contributed by atoms with Gasteiger partial charge < -0.3 is 15.0 Å². The molecule has 28 heavy (non-hydrogen) atoms. The molecule has 0 aliphatic carbocycles. The molecule has 2 aromatic carbocycles. The molecule has 0 aliphatic rings. The maximum Gasteiger partial charge on any atom is 0.411 e. The van der Waals surface area contributed by atoms with E-state index in [0.29, 0.717) is 17.2 Å². The Morgan fingerprint density at radius 2 is 2.04 bits per heavy atom. The van der Waals surface area contributed by atoms with Crippen molar-refractivity contribution < 1.29 is 9.53 Å². The molecular formula is C20H20N6O2. The van der Waals surface area contributed by atoms with Gasteiger partial charge in [0.1, 0.15) is 11.3 Å². The lowest BCUT2D eigenvalue weighted by molar-refractivity contribution is 0.168. The molecule has 2 aromatic heterocycles. The summed E-state index contributed by atoms with van der Waals surface area (Å²) in [7, 11) is 0. The Morgan fingerprint density at radius 3 is 2.86 bits per heavy atom. The van der Waals surface area contributed by atoms with Crippen LogP contribution in [0.2, 0.25) is 0 Å². The van der Waals surface area contributed by atoms with Crippen LogP contribution in [0.1, 0.15) is 18.3 Å². The van der Waals surface area contributed by atoms with Crippen LogP contribution in [0.4, 0.5) is 22.1 Å². The molecular weight excluding hydrogens is 356 g/mol. The SMILES string of the molecule is CCOC(=O)Nc1cc(Nc2ncc3cccc(C)c3n2)cc2[nH]c(C)nc12. The Bertz CT molecular complexity index is 1180. The summed E-state index contributed by atoms with van der Waals surface area (Å²) >= 11 is 0. The number of hydrogen-bond acceptors (Lipinski definition) is 6. The lowest BCUT2D eigenvalue weighted by atomic mass is 10.1. The lowest BCUT2D eigenvalue weighted by Crippen LogP contribution is -2.13. The zero-order valence-corrected chi connectivity index (χ0v) is 15.8. The standard InChI is InChI=1S/C20H20N6O2/c1-4-28-20(27)25-16-9-14(8-15-18(16)23-12(3)22-15)24-19-21-10-13-7-5-6-11(2)17(13)26-19/h5-10H,4H2,1-3H3,(H,22,23)(H,25,27)(H,21,24,26). The zero-order valence-electron chi connectivity index (χ0n) is 15.8. The third kappa shape index (κ3) is 3.44. The molecule has 1 amide bonds. The number of H-pyrrole nitrogens is 1.